The minimum absolute atomic E-state index is 0.256. The maximum atomic E-state index is 12.3. The Hall–Kier alpha value is -2.93. The molecular weight excluding hydrogens is 384 g/mol. The summed E-state index contributed by atoms with van der Waals surface area (Å²) >= 11 is 1.25. The van der Waals surface area contributed by atoms with Crippen LogP contribution in [0.4, 0.5) is 0 Å². The third-order valence-electron chi connectivity index (χ3n) is 4.20. The van der Waals surface area contributed by atoms with Crippen LogP contribution < -0.4 is 10.9 Å². The fraction of sp³-hybridized carbons (Fsp3) is 0.273. The van der Waals surface area contributed by atoms with E-state index in [0.717, 1.165) is 11.1 Å². The molecular formula is C22H26N4O2S. The van der Waals surface area contributed by atoms with Crippen LogP contribution in [0.15, 0.2) is 70.9 Å². The zero-order chi connectivity index (χ0) is 21.2. The van der Waals surface area contributed by atoms with Gasteiger partial charge in [-0.2, -0.15) is 10.2 Å². The van der Waals surface area contributed by atoms with E-state index >= 15 is 0 Å². The molecule has 0 aliphatic carbocycles. The Balaban J connectivity index is 1.84. The maximum Gasteiger partial charge on any atom is 0.252 e. The summed E-state index contributed by atoms with van der Waals surface area (Å²) in [6, 6.07) is 19.2. The predicted molar refractivity (Wildman–Crippen MR) is 120 cm³/mol. The van der Waals surface area contributed by atoms with E-state index in [0.29, 0.717) is 11.4 Å². The number of rotatable bonds is 8. The Morgan fingerprint density at radius 3 is 1.41 bits per heavy atom. The summed E-state index contributed by atoms with van der Waals surface area (Å²) < 4.78 is 0. The molecule has 2 unspecified atom stereocenters. The Labute approximate surface area is 175 Å². The predicted octanol–water partition coefficient (Wildman–Crippen LogP) is 3.58. The molecule has 2 atom stereocenters. The van der Waals surface area contributed by atoms with E-state index in [9.17, 15) is 9.59 Å². The summed E-state index contributed by atoms with van der Waals surface area (Å²) in [7, 11) is 0. The lowest BCUT2D eigenvalue weighted by Gasteiger charge is -2.15. The second kappa shape index (κ2) is 11.2. The summed E-state index contributed by atoms with van der Waals surface area (Å²) in [6.45, 7) is 7.15. The van der Waals surface area contributed by atoms with Crippen LogP contribution in [0.3, 0.4) is 0 Å². The summed E-state index contributed by atoms with van der Waals surface area (Å²) in [5.74, 6) is -0.511. The third kappa shape index (κ3) is 7.19. The van der Waals surface area contributed by atoms with Gasteiger partial charge < -0.3 is 0 Å². The molecule has 152 valence electrons. The summed E-state index contributed by atoms with van der Waals surface area (Å²) in [6.07, 6.45) is 0. The van der Waals surface area contributed by atoms with Crippen LogP contribution in [0.25, 0.3) is 0 Å². The van der Waals surface area contributed by atoms with Crippen LogP contribution >= 0.6 is 11.8 Å². The molecule has 7 heteroatoms. The van der Waals surface area contributed by atoms with Gasteiger partial charge in [0.2, 0.25) is 0 Å². The van der Waals surface area contributed by atoms with Crippen LogP contribution in [0, 0.1) is 0 Å². The number of nitrogens with zero attached hydrogens (tertiary/aromatic N) is 2. The molecule has 0 bridgehead atoms. The smallest absolute Gasteiger partial charge is 0.252 e. The molecule has 0 heterocycles. The molecule has 0 saturated heterocycles. The van der Waals surface area contributed by atoms with Gasteiger partial charge >= 0.3 is 0 Å². The topological polar surface area (TPSA) is 82.9 Å². The Morgan fingerprint density at radius 2 is 1.07 bits per heavy atom. The summed E-state index contributed by atoms with van der Waals surface area (Å²) in [4.78, 5) is 24.6. The number of hydrazone groups is 2. The van der Waals surface area contributed by atoms with Crippen molar-refractivity contribution in [3.8, 4) is 0 Å². The molecule has 0 spiro atoms. The molecule has 0 aliphatic rings. The van der Waals surface area contributed by atoms with Crippen molar-refractivity contribution in [2.24, 2.45) is 10.2 Å². The second-order valence-corrected chi connectivity index (χ2v) is 8.19. The van der Waals surface area contributed by atoms with Gasteiger partial charge in [-0.3, -0.25) is 9.59 Å². The number of hydrogen-bond acceptors (Lipinski definition) is 5. The Kier molecular flexibility index (Phi) is 8.61. The number of benzene rings is 2. The highest BCUT2D eigenvalue weighted by Gasteiger charge is 2.21. The average Bonchev–Trinajstić information content (AvgIpc) is 2.76. The van der Waals surface area contributed by atoms with Crippen molar-refractivity contribution in [2.45, 2.75) is 38.2 Å². The van der Waals surface area contributed by atoms with Crippen LogP contribution in [0.1, 0.15) is 38.8 Å². The number of carbonyl (C=O) groups is 2. The molecule has 2 amide bonds. The third-order valence-corrected chi connectivity index (χ3v) is 5.44. The van der Waals surface area contributed by atoms with E-state index in [-0.39, 0.29) is 11.8 Å². The van der Waals surface area contributed by atoms with E-state index in [2.05, 4.69) is 21.1 Å². The molecule has 0 aromatic heterocycles. The quantitative estimate of drug-likeness (QED) is 0.515. The monoisotopic (exact) mass is 410 g/mol. The Bertz CT molecular complexity index is 809. The van der Waals surface area contributed by atoms with Gasteiger partial charge in [0.25, 0.3) is 11.8 Å². The van der Waals surface area contributed by atoms with Gasteiger partial charge in [0.05, 0.1) is 21.9 Å². The van der Waals surface area contributed by atoms with Crippen LogP contribution in [0.2, 0.25) is 0 Å². The van der Waals surface area contributed by atoms with E-state index in [4.69, 9.17) is 0 Å². The molecule has 2 aromatic rings. The van der Waals surface area contributed by atoms with E-state index in [1.165, 1.54) is 11.8 Å². The molecule has 2 N–H and O–H groups in total. The maximum absolute atomic E-state index is 12.3. The first-order valence-corrected chi connectivity index (χ1v) is 10.3. The number of nitrogens with one attached hydrogen (secondary N) is 2. The van der Waals surface area contributed by atoms with Crippen LogP contribution in [-0.4, -0.2) is 33.7 Å². The highest BCUT2D eigenvalue weighted by molar-refractivity contribution is 8.01. The molecule has 2 rings (SSSR count). The van der Waals surface area contributed by atoms with Crippen molar-refractivity contribution < 1.29 is 9.59 Å². The first-order chi connectivity index (χ1) is 13.9. The summed E-state index contributed by atoms with van der Waals surface area (Å²) in [5, 5.41) is 7.40. The van der Waals surface area contributed by atoms with Crippen molar-refractivity contribution in [3.05, 3.63) is 71.8 Å². The lowest BCUT2D eigenvalue weighted by Crippen LogP contribution is -2.33. The lowest BCUT2D eigenvalue weighted by atomic mass is 10.1. The van der Waals surface area contributed by atoms with Gasteiger partial charge in [-0.25, -0.2) is 10.9 Å². The van der Waals surface area contributed by atoms with Crippen molar-refractivity contribution >= 4 is 35.0 Å². The highest BCUT2D eigenvalue weighted by Crippen LogP contribution is 2.18. The van der Waals surface area contributed by atoms with Gasteiger partial charge in [-0.1, -0.05) is 60.7 Å². The first kappa shape index (κ1) is 22.4. The van der Waals surface area contributed by atoms with Crippen LogP contribution in [-0.2, 0) is 9.59 Å². The SMILES string of the molecule is CC(=NNC(=O)C(C)SC(C)C(=O)N/N=C(/C)c1ccccc1)c1ccccc1. The average molecular weight is 411 g/mol. The highest BCUT2D eigenvalue weighted by atomic mass is 32.2. The van der Waals surface area contributed by atoms with Crippen molar-refractivity contribution in [2.75, 3.05) is 0 Å². The van der Waals surface area contributed by atoms with E-state index in [1.54, 1.807) is 13.8 Å². The van der Waals surface area contributed by atoms with Gasteiger partial charge in [0.15, 0.2) is 0 Å². The zero-order valence-electron chi connectivity index (χ0n) is 17.0. The largest absolute Gasteiger partial charge is 0.272 e. The minimum Gasteiger partial charge on any atom is -0.272 e. The first-order valence-electron chi connectivity index (χ1n) is 9.33. The summed E-state index contributed by atoms with van der Waals surface area (Å²) in [5.41, 5.74) is 8.44. The number of amides is 2. The minimum atomic E-state index is -0.442. The van der Waals surface area contributed by atoms with Gasteiger partial charge in [0, 0.05) is 0 Å². The van der Waals surface area contributed by atoms with Crippen molar-refractivity contribution in [3.63, 3.8) is 0 Å². The van der Waals surface area contributed by atoms with E-state index in [1.807, 2.05) is 74.5 Å². The molecule has 0 saturated carbocycles. The number of carbonyl (C=O) groups excluding carboxylic acids is 2. The molecule has 0 aliphatic heterocycles. The normalized spacial score (nSPS) is 14.1. The standard InChI is InChI=1S/C22H26N4O2S/c1-15(19-11-7-5-8-12-19)23-25-21(27)17(3)29-18(4)22(28)26-24-16(2)20-13-9-6-10-14-20/h5-14,17-18H,1-4H3,(H,25,27)(H,26,28)/b23-15-,24-16?. The second-order valence-electron chi connectivity index (χ2n) is 6.50. The van der Waals surface area contributed by atoms with Crippen molar-refractivity contribution in [1.29, 1.82) is 0 Å². The van der Waals surface area contributed by atoms with Crippen molar-refractivity contribution in [1.82, 2.24) is 10.9 Å². The van der Waals surface area contributed by atoms with Crippen LogP contribution in [0.5, 0.6) is 0 Å². The lowest BCUT2D eigenvalue weighted by molar-refractivity contribution is -0.120. The molecule has 6 nitrogen and oxygen atoms in total. The molecule has 0 radical (unpaired) electrons. The molecule has 0 fully saturated rings. The molecule has 2 aromatic carbocycles. The number of thioether (sulfide) groups is 1. The van der Waals surface area contributed by atoms with Gasteiger partial charge in [0.1, 0.15) is 0 Å². The van der Waals surface area contributed by atoms with E-state index < -0.39 is 10.5 Å². The fourth-order valence-corrected chi connectivity index (χ4v) is 3.34. The zero-order valence-corrected chi connectivity index (χ0v) is 17.9. The molecule has 29 heavy (non-hydrogen) atoms. The number of hydrogen-bond donors (Lipinski definition) is 2. The Morgan fingerprint density at radius 1 is 0.724 bits per heavy atom. The van der Waals surface area contributed by atoms with Gasteiger partial charge in [-0.15, -0.1) is 11.8 Å². The fourth-order valence-electron chi connectivity index (χ4n) is 2.38. The van der Waals surface area contributed by atoms with Gasteiger partial charge in [-0.05, 0) is 38.8 Å².